The number of benzene rings is 1. The summed E-state index contributed by atoms with van der Waals surface area (Å²) < 4.78 is 30.7. The van der Waals surface area contributed by atoms with E-state index in [2.05, 4.69) is 0 Å². The van der Waals surface area contributed by atoms with Crippen LogP contribution in [0.5, 0.6) is 10.8 Å². The van der Waals surface area contributed by atoms with Gasteiger partial charge in [-0.25, -0.2) is 13.6 Å². The van der Waals surface area contributed by atoms with Gasteiger partial charge in [0.2, 0.25) is 0 Å². The zero-order valence-electron chi connectivity index (χ0n) is 8.31. The number of hydrogen-bond acceptors (Lipinski definition) is 3. The topological polar surface area (TPSA) is 46.5 Å². The first-order valence-electron chi connectivity index (χ1n) is 4.52. The summed E-state index contributed by atoms with van der Waals surface area (Å²) in [4.78, 5) is 10.7. The fourth-order valence-electron chi connectivity index (χ4n) is 1.15. The van der Waals surface area contributed by atoms with Crippen molar-refractivity contribution in [1.82, 2.24) is 0 Å². The van der Waals surface area contributed by atoms with E-state index >= 15 is 0 Å². The molecule has 1 N–H and O–H groups in total. The minimum absolute atomic E-state index is 0.114. The molecule has 0 aliphatic carbocycles. The highest BCUT2D eigenvalue weighted by Gasteiger charge is 2.09. The molecular weight excluding hydrogens is 250 g/mol. The Morgan fingerprint density at radius 3 is 2.53 bits per heavy atom. The molecule has 88 valence electrons. The molecule has 0 amide bonds. The van der Waals surface area contributed by atoms with Gasteiger partial charge in [-0.3, -0.25) is 0 Å². The zero-order valence-corrected chi connectivity index (χ0v) is 9.13. The minimum atomic E-state index is -1.06. The maximum absolute atomic E-state index is 12.9. The third-order valence-corrected chi connectivity index (χ3v) is 2.85. The number of ether oxygens (including phenoxy) is 1. The van der Waals surface area contributed by atoms with E-state index in [0.29, 0.717) is 5.06 Å². The second-order valence-electron chi connectivity index (χ2n) is 3.10. The number of halogens is 2. The number of carboxylic acid groups (broad SMARTS) is 1. The van der Waals surface area contributed by atoms with Crippen LogP contribution in [0.25, 0.3) is 0 Å². The van der Waals surface area contributed by atoms with Crippen molar-refractivity contribution in [3.8, 4) is 10.8 Å². The highest BCUT2D eigenvalue weighted by molar-refractivity contribution is 7.15. The fourth-order valence-corrected chi connectivity index (χ4v) is 1.86. The summed E-state index contributed by atoms with van der Waals surface area (Å²) in [5.41, 5.74) is 0. The molecule has 17 heavy (non-hydrogen) atoms. The molecule has 2 aromatic rings. The van der Waals surface area contributed by atoms with Crippen molar-refractivity contribution in [2.24, 2.45) is 0 Å². The van der Waals surface area contributed by atoms with Crippen LogP contribution in [-0.4, -0.2) is 11.1 Å². The number of carboxylic acids is 1. The highest BCUT2D eigenvalue weighted by atomic mass is 32.1. The van der Waals surface area contributed by atoms with E-state index in [9.17, 15) is 13.6 Å². The summed E-state index contributed by atoms with van der Waals surface area (Å²) in [5.74, 6) is -2.93. The molecule has 0 saturated heterocycles. The number of hydrogen-bond donors (Lipinski definition) is 1. The van der Waals surface area contributed by atoms with Crippen LogP contribution >= 0.6 is 11.3 Å². The lowest BCUT2D eigenvalue weighted by Gasteiger charge is -2.02. The molecule has 6 heteroatoms. The van der Waals surface area contributed by atoms with Gasteiger partial charge in [0.25, 0.3) is 0 Å². The van der Waals surface area contributed by atoms with Gasteiger partial charge in [0.05, 0.1) is 0 Å². The molecule has 3 nitrogen and oxygen atoms in total. The number of aromatic carboxylic acids is 1. The van der Waals surface area contributed by atoms with Crippen molar-refractivity contribution in [2.45, 2.75) is 0 Å². The molecule has 0 aliphatic heterocycles. The Balaban J connectivity index is 2.19. The summed E-state index contributed by atoms with van der Waals surface area (Å²) in [6.07, 6.45) is 0. The Labute approximate surface area is 98.9 Å². The monoisotopic (exact) mass is 256 g/mol. The van der Waals surface area contributed by atoms with E-state index in [1.165, 1.54) is 18.2 Å². The van der Waals surface area contributed by atoms with Crippen LogP contribution in [0.1, 0.15) is 9.67 Å². The summed E-state index contributed by atoms with van der Waals surface area (Å²) in [6.45, 7) is 0. The lowest BCUT2D eigenvalue weighted by atomic mass is 10.3. The molecule has 2 rings (SSSR count). The molecule has 1 heterocycles. The molecule has 0 unspecified atom stereocenters. The van der Waals surface area contributed by atoms with Crippen molar-refractivity contribution in [1.29, 1.82) is 0 Å². The maximum Gasteiger partial charge on any atom is 0.345 e. The van der Waals surface area contributed by atoms with Gasteiger partial charge in [-0.2, -0.15) is 0 Å². The van der Waals surface area contributed by atoms with Gasteiger partial charge >= 0.3 is 5.97 Å². The van der Waals surface area contributed by atoms with Crippen molar-refractivity contribution in [3.05, 3.63) is 46.8 Å². The molecule has 0 aliphatic rings. The zero-order chi connectivity index (χ0) is 12.4. The van der Waals surface area contributed by atoms with E-state index in [4.69, 9.17) is 9.84 Å². The van der Waals surface area contributed by atoms with Gasteiger partial charge < -0.3 is 9.84 Å². The lowest BCUT2D eigenvalue weighted by molar-refractivity contribution is 0.0702. The van der Waals surface area contributed by atoms with Gasteiger partial charge in [-0.1, -0.05) is 11.3 Å². The van der Waals surface area contributed by atoms with Crippen LogP contribution in [0.2, 0.25) is 0 Å². The Kier molecular flexibility index (Phi) is 3.06. The van der Waals surface area contributed by atoms with Crippen LogP contribution in [-0.2, 0) is 0 Å². The maximum atomic E-state index is 12.9. The van der Waals surface area contributed by atoms with Gasteiger partial charge in [-0.15, -0.1) is 0 Å². The van der Waals surface area contributed by atoms with Crippen molar-refractivity contribution in [3.63, 3.8) is 0 Å². The molecule has 0 atom stereocenters. The van der Waals surface area contributed by atoms with Gasteiger partial charge in [0, 0.05) is 6.07 Å². The third kappa shape index (κ3) is 2.59. The lowest BCUT2D eigenvalue weighted by Crippen LogP contribution is -1.89. The minimum Gasteiger partial charge on any atom is -0.477 e. The number of thiophene rings is 1. The second kappa shape index (κ2) is 4.50. The Bertz CT molecular complexity index is 566. The average Bonchev–Trinajstić information content (AvgIpc) is 2.72. The van der Waals surface area contributed by atoms with Crippen LogP contribution in [0, 0.1) is 11.6 Å². The van der Waals surface area contributed by atoms with Crippen LogP contribution < -0.4 is 4.74 Å². The van der Waals surface area contributed by atoms with Crippen molar-refractivity contribution in [2.75, 3.05) is 0 Å². The SMILES string of the molecule is O=C(O)c1ccc(Oc2ccc(F)c(F)c2)s1. The third-order valence-electron chi connectivity index (χ3n) is 1.90. The normalized spacial score (nSPS) is 10.2. The van der Waals surface area contributed by atoms with E-state index in [1.807, 2.05) is 0 Å². The quantitative estimate of drug-likeness (QED) is 0.913. The molecular formula is C11H6F2O3S. The summed E-state index contributed by atoms with van der Waals surface area (Å²) >= 11 is 0.908. The highest BCUT2D eigenvalue weighted by Crippen LogP contribution is 2.30. The molecule has 1 aromatic carbocycles. The van der Waals surface area contributed by atoms with E-state index in [-0.39, 0.29) is 10.6 Å². The molecule has 0 spiro atoms. The van der Waals surface area contributed by atoms with Crippen LogP contribution in [0.3, 0.4) is 0 Å². The van der Waals surface area contributed by atoms with E-state index in [1.54, 1.807) is 0 Å². The second-order valence-corrected chi connectivity index (χ2v) is 4.15. The predicted molar refractivity (Wildman–Crippen MR) is 57.7 cm³/mol. The van der Waals surface area contributed by atoms with Gasteiger partial charge in [0.1, 0.15) is 10.6 Å². The Hall–Kier alpha value is -1.95. The number of carbonyl (C=O) groups is 1. The molecule has 0 radical (unpaired) electrons. The molecule has 1 aromatic heterocycles. The van der Waals surface area contributed by atoms with E-state index < -0.39 is 17.6 Å². The van der Waals surface area contributed by atoms with Gasteiger partial charge in [0.15, 0.2) is 16.7 Å². The van der Waals surface area contributed by atoms with Gasteiger partial charge in [-0.05, 0) is 24.3 Å². The molecule has 0 bridgehead atoms. The van der Waals surface area contributed by atoms with E-state index in [0.717, 1.165) is 23.5 Å². The first-order chi connectivity index (χ1) is 8.06. The largest absolute Gasteiger partial charge is 0.477 e. The van der Waals surface area contributed by atoms with Crippen LogP contribution in [0.4, 0.5) is 8.78 Å². The fraction of sp³-hybridized carbons (Fsp3) is 0. The predicted octanol–water partition coefficient (Wildman–Crippen LogP) is 3.52. The smallest absolute Gasteiger partial charge is 0.345 e. The standard InChI is InChI=1S/C11H6F2O3S/c12-7-2-1-6(5-8(7)13)16-10-4-3-9(17-10)11(14)15/h1-5H,(H,14,15). The first-order valence-corrected chi connectivity index (χ1v) is 5.34. The Morgan fingerprint density at radius 1 is 1.18 bits per heavy atom. The Morgan fingerprint density at radius 2 is 1.94 bits per heavy atom. The molecule has 0 fully saturated rings. The first kappa shape index (κ1) is 11.5. The summed E-state index contributed by atoms with van der Waals surface area (Å²) in [5, 5.41) is 8.99. The van der Waals surface area contributed by atoms with Crippen molar-refractivity contribution < 1.29 is 23.4 Å². The summed E-state index contributed by atoms with van der Waals surface area (Å²) in [6, 6.07) is 5.93. The average molecular weight is 256 g/mol. The van der Waals surface area contributed by atoms with Crippen molar-refractivity contribution >= 4 is 17.3 Å². The number of rotatable bonds is 3. The van der Waals surface area contributed by atoms with Crippen LogP contribution in [0.15, 0.2) is 30.3 Å². The summed E-state index contributed by atoms with van der Waals surface area (Å²) in [7, 11) is 0. The molecule has 0 saturated carbocycles.